The van der Waals surface area contributed by atoms with Crippen LogP contribution in [-0.4, -0.2) is 72.4 Å². The van der Waals surface area contributed by atoms with Crippen molar-refractivity contribution in [2.45, 2.75) is 62.4 Å². The molecule has 3 atom stereocenters. The van der Waals surface area contributed by atoms with Crippen LogP contribution >= 0.6 is 11.6 Å². The van der Waals surface area contributed by atoms with E-state index in [1.54, 1.807) is 24.3 Å². The molecule has 1 saturated heterocycles. The van der Waals surface area contributed by atoms with Crippen molar-refractivity contribution in [1.29, 1.82) is 0 Å². The summed E-state index contributed by atoms with van der Waals surface area (Å²) in [4.78, 5) is 15.0. The van der Waals surface area contributed by atoms with Crippen molar-refractivity contribution < 1.29 is 22.0 Å². The number of hydrogen-bond donors (Lipinski definition) is 1. The van der Waals surface area contributed by atoms with Crippen molar-refractivity contribution in [2.24, 2.45) is 11.8 Å². The average molecular weight is 518 g/mol. The molecular formula is C24H34ClF2N3O3S. The van der Waals surface area contributed by atoms with Gasteiger partial charge in [0.2, 0.25) is 10.0 Å². The van der Waals surface area contributed by atoms with Crippen molar-refractivity contribution in [3.8, 4) is 0 Å². The van der Waals surface area contributed by atoms with Crippen molar-refractivity contribution in [2.75, 3.05) is 31.9 Å². The number of piperazine rings is 1. The van der Waals surface area contributed by atoms with Gasteiger partial charge in [-0.3, -0.25) is 9.69 Å². The van der Waals surface area contributed by atoms with Gasteiger partial charge in [-0.05, 0) is 50.2 Å². The Bertz CT molecular complexity index is 969. The molecule has 1 N–H and O–H groups in total. The van der Waals surface area contributed by atoms with Crippen LogP contribution < -0.4 is 5.32 Å². The van der Waals surface area contributed by atoms with E-state index in [-0.39, 0.29) is 36.8 Å². The molecule has 3 aliphatic rings. The van der Waals surface area contributed by atoms with Gasteiger partial charge >= 0.3 is 0 Å². The van der Waals surface area contributed by atoms with E-state index in [2.05, 4.69) is 10.2 Å². The number of nitrogens with zero attached hydrogens (tertiary/aromatic N) is 2. The SMILES string of the molecule is CCCS(=O)(=O)N1CCN(C2(C(Cl)NC(=O)c3ccccc3)CCC(F)(F)C(C3CC3)C2)CC1. The third-order valence-electron chi connectivity index (χ3n) is 7.69. The fraction of sp³-hybridized carbons (Fsp3) is 0.708. The lowest BCUT2D eigenvalue weighted by molar-refractivity contribution is -0.139. The van der Waals surface area contributed by atoms with E-state index >= 15 is 0 Å². The standard InChI is InChI=1S/C24H34ClF2N3O3S/c1-2-16-34(32,33)30-14-12-29(13-15-30)23(10-11-24(26,27)20(17-23)18-8-9-18)22(25)28-21(31)19-6-4-3-5-7-19/h3-7,18,20,22H,2,8-17H2,1H3,(H,28,31). The maximum atomic E-state index is 14.9. The molecule has 10 heteroatoms. The predicted molar refractivity (Wildman–Crippen MR) is 129 cm³/mol. The molecule has 0 spiro atoms. The minimum absolute atomic E-state index is 0.0189. The number of amides is 1. The Balaban J connectivity index is 1.57. The highest BCUT2D eigenvalue weighted by atomic mass is 35.5. The number of rotatable bonds is 8. The van der Waals surface area contributed by atoms with Gasteiger partial charge in [-0.15, -0.1) is 0 Å². The molecule has 0 aromatic heterocycles. The van der Waals surface area contributed by atoms with Crippen LogP contribution in [0.2, 0.25) is 0 Å². The molecule has 190 valence electrons. The lowest BCUT2D eigenvalue weighted by atomic mass is 9.70. The van der Waals surface area contributed by atoms with Gasteiger partial charge in [0.1, 0.15) is 5.50 Å². The molecule has 2 saturated carbocycles. The summed E-state index contributed by atoms with van der Waals surface area (Å²) in [5, 5.41) is 2.88. The van der Waals surface area contributed by atoms with Crippen molar-refractivity contribution in [3.63, 3.8) is 0 Å². The number of benzene rings is 1. The highest BCUT2D eigenvalue weighted by molar-refractivity contribution is 7.89. The first kappa shape index (κ1) is 25.8. The molecule has 3 unspecified atom stereocenters. The Labute approximate surface area is 206 Å². The van der Waals surface area contributed by atoms with Gasteiger partial charge < -0.3 is 5.32 Å². The Kier molecular flexibility index (Phi) is 7.58. The van der Waals surface area contributed by atoms with Crippen LogP contribution in [0.25, 0.3) is 0 Å². The highest BCUT2D eigenvalue weighted by Crippen LogP contribution is 2.55. The summed E-state index contributed by atoms with van der Waals surface area (Å²) < 4.78 is 56.4. The third-order valence-corrected chi connectivity index (χ3v) is 10.3. The Morgan fingerprint density at radius 3 is 2.38 bits per heavy atom. The van der Waals surface area contributed by atoms with E-state index in [9.17, 15) is 22.0 Å². The van der Waals surface area contributed by atoms with Crippen LogP contribution in [-0.2, 0) is 10.0 Å². The van der Waals surface area contributed by atoms with Crippen LogP contribution in [0.5, 0.6) is 0 Å². The molecule has 1 aromatic carbocycles. The zero-order valence-corrected chi connectivity index (χ0v) is 21.1. The van der Waals surface area contributed by atoms with E-state index < -0.39 is 32.9 Å². The molecule has 1 aromatic rings. The normalized spacial score (nSPS) is 29.5. The summed E-state index contributed by atoms with van der Waals surface area (Å²) >= 11 is 6.90. The van der Waals surface area contributed by atoms with E-state index in [4.69, 9.17) is 11.6 Å². The first-order valence-corrected chi connectivity index (χ1v) is 14.2. The van der Waals surface area contributed by atoms with Gasteiger partial charge in [-0.2, -0.15) is 4.31 Å². The molecule has 0 bridgehead atoms. The smallest absolute Gasteiger partial charge is 0.252 e. The third kappa shape index (κ3) is 5.27. The van der Waals surface area contributed by atoms with E-state index in [1.807, 2.05) is 13.0 Å². The average Bonchev–Trinajstić information content (AvgIpc) is 3.65. The number of alkyl halides is 3. The predicted octanol–water partition coefficient (Wildman–Crippen LogP) is 3.92. The van der Waals surface area contributed by atoms with Gasteiger partial charge in [0.15, 0.2) is 0 Å². The molecular weight excluding hydrogens is 484 g/mol. The van der Waals surface area contributed by atoms with Crippen LogP contribution in [0.4, 0.5) is 8.78 Å². The molecule has 1 heterocycles. The number of carbonyl (C=O) groups is 1. The molecule has 34 heavy (non-hydrogen) atoms. The van der Waals surface area contributed by atoms with Gasteiger partial charge in [0, 0.05) is 44.1 Å². The molecule has 6 nitrogen and oxygen atoms in total. The fourth-order valence-corrected chi connectivity index (χ4v) is 7.54. The lowest BCUT2D eigenvalue weighted by Crippen LogP contribution is -2.67. The summed E-state index contributed by atoms with van der Waals surface area (Å²) in [5.41, 5.74) is -1.28. The first-order valence-electron chi connectivity index (χ1n) is 12.2. The van der Waals surface area contributed by atoms with Crippen LogP contribution in [0.1, 0.15) is 55.8 Å². The number of nitrogens with one attached hydrogen (secondary N) is 1. The maximum absolute atomic E-state index is 14.9. The number of sulfonamides is 1. The molecule has 3 fully saturated rings. The van der Waals surface area contributed by atoms with Crippen molar-refractivity contribution in [1.82, 2.24) is 14.5 Å². The molecule has 0 radical (unpaired) electrons. The molecule has 1 amide bonds. The number of hydrogen-bond acceptors (Lipinski definition) is 4. The summed E-state index contributed by atoms with van der Waals surface area (Å²) in [6, 6.07) is 8.70. The Hall–Kier alpha value is -1.29. The first-order chi connectivity index (χ1) is 16.1. The monoisotopic (exact) mass is 517 g/mol. The van der Waals surface area contributed by atoms with Gasteiger partial charge in [-0.1, -0.05) is 36.7 Å². The van der Waals surface area contributed by atoms with Crippen LogP contribution in [0, 0.1) is 11.8 Å². The Morgan fingerprint density at radius 2 is 1.79 bits per heavy atom. The second-order valence-electron chi connectivity index (χ2n) is 9.92. The minimum Gasteiger partial charge on any atom is -0.334 e. The van der Waals surface area contributed by atoms with Gasteiger partial charge in [0.05, 0.1) is 11.3 Å². The second-order valence-corrected chi connectivity index (χ2v) is 12.4. The van der Waals surface area contributed by atoms with Crippen LogP contribution in [0.15, 0.2) is 30.3 Å². The lowest BCUT2D eigenvalue weighted by Gasteiger charge is -2.54. The Morgan fingerprint density at radius 1 is 1.15 bits per heavy atom. The summed E-state index contributed by atoms with van der Waals surface area (Å²) in [7, 11) is -3.33. The van der Waals surface area contributed by atoms with E-state index in [0.29, 0.717) is 38.2 Å². The molecule has 1 aliphatic heterocycles. The highest BCUT2D eigenvalue weighted by Gasteiger charge is 2.59. The largest absolute Gasteiger partial charge is 0.334 e. The van der Waals surface area contributed by atoms with Crippen molar-refractivity contribution in [3.05, 3.63) is 35.9 Å². The molecule has 4 rings (SSSR count). The fourth-order valence-electron chi connectivity index (χ4n) is 5.61. The zero-order chi connectivity index (χ0) is 24.6. The minimum atomic E-state index is -3.33. The zero-order valence-electron chi connectivity index (χ0n) is 19.6. The van der Waals surface area contributed by atoms with Crippen LogP contribution in [0.3, 0.4) is 0 Å². The number of halogens is 3. The van der Waals surface area contributed by atoms with Gasteiger partial charge in [0.25, 0.3) is 11.8 Å². The van der Waals surface area contributed by atoms with E-state index in [1.165, 1.54) is 4.31 Å². The molecule has 2 aliphatic carbocycles. The second kappa shape index (κ2) is 9.99. The number of carbonyl (C=O) groups excluding carboxylic acids is 1. The van der Waals surface area contributed by atoms with Gasteiger partial charge in [-0.25, -0.2) is 17.2 Å². The quantitative estimate of drug-likeness (QED) is 0.419. The van der Waals surface area contributed by atoms with E-state index in [0.717, 1.165) is 12.8 Å². The summed E-state index contributed by atoms with van der Waals surface area (Å²) in [5.74, 6) is -3.80. The summed E-state index contributed by atoms with van der Waals surface area (Å²) in [6.07, 6.45) is 2.18. The van der Waals surface area contributed by atoms with Crippen molar-refractivity contribution >= 4 is 27.5 Å². The summed E-state index contributed by atoms with van der Waals surface area (Å²) in [6.45, 7) is 3.22. The topological polar surface area (TPSA) is 69.7 Å². The maximum Gasteiger partial charge on any atom is 0.252 e.